The molecule has 0 spiro atoms. The Balaban J connectivity index is 2.36. The Morgan fingerprint density at radius 2 is 2.11 bits per heavy atom. The lowest BCUT2D eigenvalue weighted by Gasteiger charge is -2.51. The van der Waals surface area contributed by atoms with E-state index in [4.69, 9.17) is 0 Å². The van der Waals surface area contributed by atoms with Crippen LogP contribution in [0, 0.1) is 0 Å². The second-order valence-corrected chi connectivity index (χ2v) is 5.95. The van der Waals surface area contributed by atoms with Crippen molar-refractivity contribution in [3.8, 4) is 0 Å². The van der Waals surface area contributed by atoms with Crippen LogP contribution in [0.1, 0.15) is 24.9 Å². The van der Waals surface area contributed by atoms with E-state index in [1.165, 1.54) is 0 Å². The number of β-lactam (4-membered cyclic amide) rings is 1. The number of benzene rings is 1. The van der Waals surface area contributed by atoms with E-state index in [-0.39, 0.29) is 11.9 Å². The highest BCUT2D eigenvalue weighted by molar-refractivity contribution is 9.10. The second kappa shape index (κ2) is 5.74. The van der Waals surface area contributed by atoms with Crippen molar-refractivity contribution in [2.75, 3.05) is 6.54 Å². The van der Waals surface area contributed by atoms with Gasteiger partial charge in [0.15, 0.2) is 0 Å². The highest BCUT2D eigenvalue weighted by Crippen LogP contribution is 2.50. The Labute approximate surface area is 122 Å². The fourth-order valence-corrected chi connectivity index (χ4v) is 3.38. The van der Waals surface area contributed by atoms with Crippen LogP contribution in [0.15, 0.2) is 55.1 Å². The minimum absolute atomic E-state index is 0.0296. The van der Waals surface area contributed by atoms with Crippen LogP contribution in [0.4, 0.5) is 0 Å². The van der Waals surface area contributed by atoms with Gasteiger partial charge < -0.3 is 4.90 Å². The predicted octanol–water partition coefficient (Wildman–Crippen LogP) is 3.86. The first-order valence-electron chi connectivity index (χ1n) is 6.48. The Morgan fingerprint density at radius 3 is 2.68 bits per heavy atom. The van der Waals surface area contributed by atoms with Gasteiger partial charge in [-0.2, -0.15) is 0 Å². The number of amides is 1. The van der Waals surface area contributed by atoms with E-state index >= 15 is 0 Å². The van der Waals surface area contributed by atoms with E-state index < -0.39 is 4.32 Å². The van der Waals surface area contributed by atoms with Crippen LogP contribution in [0.3, 0.4) is 0 Å². The van der Waals surface area contributed by atoms with E-state index in [0.717, 1.165) is 12.0 Å². The SMILES string of the molecule is C=CCN1C(=O)[C@@](Br)(/C=C/CC)[C@@H]1c1ccccc1. The zero-order chi connectivity index (χ0) is 13.9. The predicted molar refractivity (Wildman–Crippen MR) is 82.2 cm³/mol. The zero-order valence-corrected chi connectivity index (χ0v) is 12.6. The summed E-state index contributed by atoms with van der Waals surface area (Å²) in [6.45, 7) is 6.37. The summed E-state index contributed by atoms with van der Waals surface area (Å²) in [5.74, 6) is 0.103. The van der Waals surface area contributed by atoms with E-state index in [9.17, 15) is 4.79 Å². The Morgan fingerprint density at radius 1 is 1.42 bits per heavy atom. The van der Waals surface area contributed by atoms with E-state index in [0.29, 0.717) is 6.54 Å². The van der Waals surface area contributed by atoms with Crippen LogP contribution >= 0.6 is 15.9 Å². The fourth-order valence-electron chi connectivity index (χ4n) is 2.45. The fraction of sp³-hybridized carbons (Fsp3) is 0.312. The molecule has 2 atom stereocenters. The minimum Gasteiger partial charge on any atom is -0.328 e. The number of likely N-dealkylation sites (tertiary alicyclic amines) is 1. The van der Waals surface area contributed by atoms with Crippen LogP contribution in [0.2, 0.25) is 0 Å². The molecule has 1 aliphatic rings. The summed E-state index contributed by atoms with van der Waals surface area (Å²) in [7, 11) is 0. The van der Waals surface area contributed by atoms with Crippen LogP contribution in [-0.4, -0.2) is 21.7 Å². The third-order valence-corrected chi connectivity index (χ3v) is 4.37. The lowest BCUT2D eigenvalue weighted by molar-refractivity contribution is -0.148. The van der Waals surface area contributed by atoms with Crippen molar-refractivity contribution in [3.63, 3.8) is 0 Å². The number of carbonyl (C=O) groups excluding carboxylic acids is 1. The summed E-state index contributed by atoms with van der Waals surface area (Å²) < 4.78 is -0.604. The van der Waals surface area contributed by atoms with Crippen molar-refractivity contribution in [2.45, 2.75) is 23.7 Å². The first-order valence-corrected chi connectivity index (χ1v) is 7.28. The Hall–Kier alpha value is -1.35. The molecule has 3 heteroatoms. The number of hydrogen-bond donors (Lipinski definition) is 0. The molecule has 100 valence electrons. The lowest BCUT2D eigenvalue weighted by atomic mass is 9.81. The summed E-state index contributed by atoms with van der Waals surface area (Å²) in [6.07, 6.45) is 6.70. The number of rotatable bonds is 5. The average molecular weight is 320 g/mol. The van der Waals surface area contributed by atoms with Gasteiger partial charge >= 0.3 is 0 Å². The summed E-state index contributed by atoms with van der Waals surface area (Å²) in [5.41, 5.74) is 1.14. The number of carbonyl (C=O) groups is 1. The molecular weight excluding hydrogens is 302 g/mol. The van der Waals surface area contributed by atoms with Crippen LogP contribution in [0.25, 0.3) is 0 Å². The average Bonchev–Trinajstić information content (AvgIpc) is 2.45. The highest BCUT2D eigenvalue weighted by Gasteiger charge is 2.57. The monoisotopic (exact) mass is 319 g/mol. The molecule has 1 aromatic carbocycles. The third kappa shape index (κ3) is 2.39. The molecule has 0 radical (unpaired) electrons. The largest absolute Gasteiger partial charge is 0.328 e. The Bertz CT molecular complexity index is 497. The second-order valence-electron chi connectivity index (χ2n) is 4.64. The number of allylic oxidation sites excluding steroid dienone is 1. The maximum absolute atomic E-state index is 12.3. The van der Waals surface area contributed by atoms with Crippen molar-refractivity contribution >= 4 is 21.8 Å². The standard InChI is InChI=1S/C16H18BrNO/c1-3-5-11-16(17)14(13-9-7-6-8-10-13)18(12-4-2)15(16)19/h4-11,14H,2-3,12H2,1H3/b11-5+/t14-,16+/m0/s1. The summed E-state index contributed by atoms with van der Waals surface area (Å²) in [4.78, 5) is 14.2. The quantitative estimate of drug-likeness (QED) is 0.458. The van der Waals surface area contributed by atoms with Crippen LogP contribution in [0.5, 0.6) is 0 Å². The molecule has 0 unspecified atom stereocenters. The van der Waals surface area contributed by atoms with E-state index in [1.807, 2.05) is 35.3 Å². The summed E-state index contributed by atoms with van der Waals surface area (Å²) in [5, 5.41) is 0. The van der Waals surface area contributed by atoms with Crippen molar-refractivity contribution in [2.24, 2.45) is 0 Å². The van der Waals surface area contributed by atoms with Gasteiger partial charge in [-0.05, 0) is 12.0 Å². The molecule has 0 N–H and O–H groups in total. The maximum Gasteiger partial charge on any atom is 0.246 e. The van der Waals surface area contributed by atoms with E-state index in [2.05, 4.69) is 41.6 Å². The molecule has 0 aromatic heterocycles. The first-order chi connectivity index (χ1) is 9.15. The van der Waals surface area contributed by atoms with Crippen molar-refractivity contribution in [3.05, 3.63) is 60.7 Å². The molecule has 1 saturated heterocycles. The van der Waals surface area contributed by atoms with Gasteiger partial charge in [0.1, 0.15) is 4.32 Å². The lowest BCUT2D eigenvalue weighted by Crippen LogP contribution is -2.64. The van der Waals surface area contributed by atoms with Gasteiger partial charge in [-0.25, -0.2) is 0 Å². The van der Waals surface area contributed by atoms with Crippen molar-refractivity contribution in [1.82, 2.24) is 4.90 Å². The van der Waals surface area contributed by atoms with Crippen molar-refractivity contribution in [1.29, 1.82) is 0 Å². The maximum atomic E-state index is 12.3. The van der Waals surface area contributed by atoms with Gasteiger partial charge in [0.2, 0.25) is 5.91 Å². The van der Waals surface area contributed by atoms with E-state index in [1.54, 1.807) is 6.08 Å². The summed E-state index contributed by atoms with van der Waals surface area (Å²) >= 11 is 3.64. The molecule has 1 aliphatic heterocycles. The van der Waals surface area contributed by atoms with Gasteiger partial charge in [0, 0.05) is 6.54 Å². The normalized spacial score (nSPS) is 26.5. The van der Waals surface area contributed by atoms with Gasteiger partial charge in [0.05, 0.1) is 6.04 Å². The Kier molecular flexibility index (Phi) is 4.25. The molecule has 1 amide bonds. The van der Waals surface area contributed by atoms with Crippen molar-refractivity contribution < 1.29 is 4.79 Å². The van der Waals surface area contributed by atoms with Gasteiger partial charge in [-0.15, -0.1) is 6.58 Å². The molecule has 2 nitrogen and oxygen atoms in total. The molecule has 1 heterocycles. The van der Waals surface area contributed by atoms with Gasteiger partial charge in [-0.3, -0.25) is 4.79 Å². The molecular formula is C16H18BrNO. The number of hydrogen-bond acceptors (Lipinski definition) is 1. The van der Waals surface area contributed by atoms with Gasteiger partial charge in [-0.1, -0.05) is 71.4 Å². The smallest absolute Gasteiger partial charge is 0.246 e. The molecule has 1 aromatic rings. The molecule has 19 heavy (non-hydrogen) atoms. The zero-order valence-electron chi connectivity index (χ0n) is 11.1. The molecule has 0 aliphatic carbocycles. The topological polar surface area (TPSA) is 20.3 Å². The summed E-state index contributed by atoms with van der Waals surface area (Å²) in [6, 6.07) is 10.1. The molecule has 0 bridgehead atoms. The molecule has 2 rings (SSSR count). The first kappa shape index (κ1) is 14.1. The highest BCUT2D eigenvalue weighted by atomic mass is 79.9. The van der Waals surface area contributed by atoms with Crippen LogP contribution < -0.4 is 0 Å². The third-order valence-electron chi connectivity index (χ3n) is 3.34. The number of halogens is 1. The number of alkyl halides is 1. The molecule has 0 saturated carbocycles. The van der Waals surface area contributed by atoms with Gasteiger partial charge in [0.25, 0.3) is 0 Å². The molecule has 1 fully saturated rings. The van der Waals surface area contributed by atoms with Crippen LogP contribution in [-0.2, 0) is 4.79 Å². The minimum atomic E-state index is -0.604. The number of nitrogens with zero attached hydrogens (tertiary/aromatic N) is 1.